The lowest BCUT2D eigenvalue weighted by molar-refractivity contribution is 1.37. The highest BCUT2D eigenvalue weighted by atomic mass is 14.7. The highest BCUT2D eigenvalue weighted by Crippen LogP contribution is 2.07. The molecule has 0 saturated heterocycles. The summed E-state index contributed by atoms with van der Waals surface area (Å²) in [5.74, 6) is 0. The number of aliphatic imine (C=N–C) groups is 2. The van der Waals surface area contributed by atoms with Crippen molar-refractivity contribution in [3.63, 3.8) is 0 Å². The van der Waals surface area contributed by atoms with Gasteiger partial charge >= 0.3 is 0 Å². The molecule has 0 spiro atoms. The SMILES string of the molecule is C=C/C(C=NC)=C(\C=C/C)N=CC. The first kappa shape index (κ1) is 11.6. The van der Waals surface area contributed by atoms with Crippen molar-refractivity contribution >= 4 is 12.4 Å². The predicted octanol–water partition coefficient (Wildman–Crippen LogP) is 2.79. The minimum absolute atomic E-state index is 0.880. The van der Waals surface area contributed by atoms with Crippen LogP contribution in [0.1, 0.15) is 13.8 Å². The van der Waals surface area contributed by atoms with Crippen LogP contribution in [-0.4, -0.2) is 19.5 Å². The molecule has 0 saturated carbocycles. The maximum absolute atomic E-state index is 4.21. The molecule has 0 aliphatic carbocycles. The monoisotopic (exact) mass is 176 g/mol. The summed E-state index contributed by atoms with van der Waals surface area (Å²) in [5.41, 5.74) is 1.81. The Bertz CT molecular complexity index is 254. The average Bonchev–Trinajstić information content (AvgIpc) is 2.14. The Morgan fingerprint density at radius 2 is 2.00 bits per heavy atom. The summed E-state index contributed by atoms with van der Waals surface area (Å²) < 4.78 is 0. The lowest BCUT2D eigenvalue weighted by atomic mass is 10.2. The fourth-order valence-corrected chi connectivity index (χ4v) is 0.873. The molecule has 70 valence electrons. The minimum atomic E-state index is 0.880. The van der Waals surface area contributed by atoms with Crippen LogP contribution in [0.4, 0.5) is 0 Å². The largest absolute Gasteiger partial charge is 0.296 e. The molecule has 0 rings (SSSR count). The molecule has 13 heavy (non-hydrogen) atoms. The second kappa shape index (κ2) is 7.22. The van der Waals surface area contributed by atoms with E-state index in [0.29, 0.717) is 0 Å². The van der Waals surface area contributed by atoms with Crippen LogP contribution in [0.25, 0.3) is 0 Å². The summed E-state index contributed by atoms with van der Waals surface area (Å²) in [6, 6.07) is 0. The van der Waals surface area contributed by atoms with Crippen molar-refractivity contribution in [3.8, 4) is 0 Å². The van der Waals surface area contributed by atoms with E-state index in [9.17, 15) is 0 Å². The molecule has 2 heteroatoms. The first-order valence-electron chi connectivity index (χ1n) is 4.20. The molecule has 0 aromatic carbocycles. The van der Waals surface area contributed by atoms with Gasteiger partial charge in [-0.1, -0.05) is 18.7 Å². The number of nitrogens with zero attached hydrogens (tertiary/aromatic N) is 2. The number of hydrogen-bond donors (Lipinski definition) is 0. The Morgan fingerprint density at radius 3 is 2.38 bits per heavy atom. The lowest BCUT2D eigenvalue weighted by Gasteiger charge is -1.97. The van der Waals surface area contributed by atoms with E-state index in [0.717, 1.165) is 11.3 Å². The maximum Gasteiger partial charge on any atom is 0.0709 e. The third-order valence-electron chi connectivity index (χ3n) is 1.38. The summed E-state index contributed by atoms with van der Waals surface area (Å²) in [6.45, 7) is 7.54. The van der Waals surface area contributed by atoms with E-state index in [1.165, 1.54) is 0 Å². The molecule has 0 N–H and O–H groups in total. The van der Waals surface area contributed by atoms with Gasteiger partial charge in [-0.25, -0.2) is 0 Å². The minimum Gasteiger partial charge on any atom is -0.296 e. The molecule has 0 bridgehead atoms. The number of rotatable bonds is 4. The van der Waals surface area contributed by atoms with Crippen molar-refractivity contribution in [2.45, 2.75) is 13.8 Å². The predicted molar refractivity (Wildman–Crippen MR) is 60.6 cm³/mol. The standard InChI is InChI=1S/C11H16N2/c1-5-8-11(13-7-3)10(6-2)9-12-4/h5-9H,2H2,1,3-4H3/b8-5-,11-10-,12-9?,13-7?. The molecular weight excluding hydrogens is 160 g/mol. The second-order valence-corrected chi connectivity index (χ2v) is 2.32. The van der Waals surface area contributed by atoms with E-state index in [-0.39, 0.29) is 0 Å². The van der Waals surface area contributed by atoms with E-state index < -0.39 is 0 Å². The molecule has 2 nitrogen and oxygen atoms in total. The molecule has 0 amide bonds. The topological polar surface area (TPSA) is 24.7 Å². The van der Waals surface area contributed by atoms with Gasteiger partial charge in [0.1, 0.15) is 0 Å². The Hall–Kier alpha value is -1.44. The first-order valence-corrected chi connectivity index (χ1v) is 4.20. The first-order chi connectivity index (χ1) is 6.29. The van der Waals surface area contributed by atoms with E-state index in [1.807, 2.05) is 26.0 Å². The van der Waals surface area contributed by atoms with Crippen molar-refractivity contribution in [2.24, 2.45) is 9.98 Å². The molecule has 0 aliphatic heterocycles. The number of allylic oxidation sites excluding steroid dienone is 4. The van der Waals surface area contributed by atoms with Crippen molar-refractivity contribution in [3.05, 3.63) is 36.1 Å². The van der Waals surface area contributed by atoms with Crippen LogP contribution in [-0.2, 0) is 0 Å². The zero-order valence-electron chi connectivity index (χ0n) is 8.49. The van der Waals surface area contributed by atoms with Gasteiger partial charge in [-0.15, -0.1) is 0 Å². The van der Waals surface area contributed by atoms with Crippen LogP contribution >= 0.6 is 0 Å². The molecule has 0 heterocycles. The Labute approximate surface area is 80.1 Å². The third kappa shape index (κ3) is 4.21. The smallest absolute Gasteiger partial charge is 0.0709 e. The summed E-state index contributed by atoms with van der Waals surface area (Å²) in [5, 5.41) is 0. The summed E-state index contributed by atoms with van der Waals surface area (Å²) in [6.07, 6.45) is 9.11. The van der Waals surface area contributed by atoms with Gasteiger partial charge in [0, 0.05) is 25.0 Å². The number of hydrogen-bond acceptors (Lipinski definition) is 2. The zero-order chi connectivity index (χ0) is 10.1. The van der Waals surface area contributed by atoms with Crippen molar-refractivity contribution in [2.75, 3.05) is 7.05 Å². The molecule has 0 fully saturated rings. The zero-order valence-corrected chi connectivity index (χ0v) is 8.49. The molecule has 0 radical (unpaired) electrons. The van der Waals surface area contributed by atoms with Crippen LogP contribution in [0, 0.1) is 0 Å². The quantitative estimate of drug-likeness (QED) is 0.465. The van der Waals surface area contributed by atoms with Gasteiger partial charge < -0.3 is 0 Å². The van der Waals surface area contributed by atoms with Crippen LogP contribution in [0.5, 0.6) is 0 Å². The molecular formula is C11H16N2. The summed E-state index contributed by atoms with van der Waals surface area (Å²) in [7, 11) is 1.73. The maximum atomic E-state index is 4.21. The molecule has 0 aliphatic rings. The Morgan fingerprint density at radius 1 is 1.31 bits per heavy atom. The van der Waals surface area contributed by atoms with Gasteiger partial charge in [-0.05, 0) is 19.9 Å². The molecule has 0 aromatic heterocycles. The van der Waals surface area contributed by atoms with Gasteiger partial charge in [0.25, 0.3) is 0 Å². The summed E-state index contributed by atoms with van der Waals surface area (Å²) >= 11 is 0. The van der Waals surface area contributed by atoms with Crippen LogP contribution in [0.2, 0.25) is 0 Å². The van der Waals surface area contributed by atoms with E-state index in [1.54, 1.807) is 25.6 Å². The molecule has 0 atom stereocenters. The fraction of sp³-hybridized carbons (Fsp3) is 0.273. The van der Waals surface area contributed by atoms with Gasteiger partial charge in [-0.3, -0.25) is 9.98 Å². The van der Waals surface area contributed by atoms with Crippen LogP contribution in [0.3, 0.4) is 0 Å². The molecule has 0 aromatic rings. The third-order valence-corrected chi connectivity index (χ3v) is 1.38. The van der Waals surface area contributed by atoms with Gasteiger partial charge in [-0.2, -0.15) is 0 Å². The van der Waals surface area contributed by atoms with Gasteiger partial charge in [0.2, 0.25) is 0 Å². The average molecular weight is 176 g/mol. The second-order valence-electron chi connectivity index (χ2n) is 2.32. The Kier molecular flexibility index (Phi) is 6.42. The van der Waals surface area contributed by atoms with E-state index >= 15 is 0 Å². The fourth-order valence-electron chi connectivity index (χ4n) is 0.873. The van der Waals surface area contributed by atoms with E-state index in [2.05, 4.69) is 16.6 Å². The van der Waals surface area contributed by atoms with E-state index in [4.69, 9.17) is 0 Å². The van der Waals surface area contributed by atoms with Gasteiger partial charge in [0.15, 0.2) is 0 Å². The molecule has 0 unspecified atom stereocenters. The van der Waals surface area contributed by atoms with Crippen molar-refractivity contribution in [1.29, 1.82) is 0 Å². The Balaban J connectivity index is 5.10. The van der Waals surface area contributed by atoms with Crippen molar-refractivity contribution < 1.29 is 0 Å². The summed E-state index contributed by atoms with van der Waals surface area (Å²) in [4.78, 5) is 8.14. The van der Waals surface area contributed by atoms with Crippen LogP contribution in [0.15, 0.2) is 46.1 Å². The van der Waals surface area contributed by atoms with Gasteiger partial charge in [0.05, 0.1) is 5.70 Å². The highest BCUT2D eigenvalue weighted by Gasteiger charge is 1.93. The van der Waals surface area contributed by atoms with Crippen molar-refractivity contribution in [1.82, 2.24) is 0 Å². The normalized spacial score (nSPS) is 14.4. The lowest BCUT2D eigenvalue weighted by Crippen LogP contribution is -1.86. The van der Waals surface area contributed by atoms with Crippen LogP contribution < -0.4 is 0 Å². The highest BCUT2D eigenvalue weighted by molar-refractivity contribution is 5.84.